The first-order valence-electron chi connectivity index (χ1n) is 9.42. The third-order valence-electron chi connectivity index (χ3n) is 4.99. The topological polar surface area (TPSA) is 0 Å². The van der Waals surface area contributed by atoms with Gasteiger partial charge in [-0.15, -0.1) is 5.30 Å². The van der Waals surface area contributed by atoms with E-state index in [1.807, 2.05) is 0 Å². The second-order valence-corrected chi connectivity index (χ2v) is 9.44. The monoisotopic (exact) mass is 535 g/mol. The highest BCUT2D eigenvalue weighted by molar-refractivity contribution is 7.80. The van der Waals surface area contributed by atoms with E-state index in [0.29, 0.717) is 24.3 Å². The van der Waals surface area contributed by atoms with E-state index < -0.39 is 65.5 Å². The summed E-state index contributed by atoms with van der Waals surface area (Å²) in [5, 5.41) is -2.63. The van der Waals surface area contributed by atoms with E-state index in [4.69, 9.17) is 0 Å². The SMILES string of the molecule is Cc1cc[cH-]c1P(c1cccc(C(F)(F)F)c1C(F)(F)F)c1cccc(C(F)(F)F)c1C(F)(F)F. The molecule has 0 aliphatic rings. The number of hydrogen-bond acceptors (Lipinski definition) is 0. The molecule has 0 heterocycles. The average Bonchev–Trinajstić information content (AvgIpc) is 3.10. The Morgan fingerprint density at radius 1 is 0.571 bits per heavy atom. The van der Waals surface area contributed by atoms with E-state index in [1.54, 1.807) is 0 Å². The summed E-state index contributed by atoms with van der Waals surface area (Å²) in [7, 11) is -3.17. The van der Waals surface area contributed by atoms with Gasteiger partial charge < -0.3 is 0 Å². The third-order valence-corrected chi connectivity index (χ3v) is 7.68. The van der Waals surface area contributed by atoms with Gasteiger partial charge in [-0.05, 0) is 30.7 Å². The fourth-order valence-electron chi connectivity index (χ4n) is 3.66. The Morgan fingerprint density at radius 2 is 0.971 bits per heavy atom. The summed E-state index contributed by atoms with van der Waals surface area (Å²) in [4.78, 5) is 0. The molecular formula is C22H12F12P-. The van der Waals surface area contributed by atoms with Crippen LogP contribution in [0, 0.1) is 6.92 Å². The normalized spacial score (nSPS) is 13.5. The molecular weight excluding hydrogens is 523 g/mol. The Bertz CT molecular complexity index is 1130. The van der Waals surface area contributed by atoms with Gasteiger partial charge in [0.15, 0.2) is 0 Å². The summed E-state index contributed by atoms with van der Waals surface area (Å²) in [5.41, 5.74) is -8.69. The zero-order valence-electron chi connectivity index (χ0n) is 17.2. The maximum atomic E-state index is 14.0. The molecule has 0 saturated carbocycles. The lowest BCUT2D eigenvalue weighted by Gasteiger charge is -2.31. The zero-order chi connectivity index (χ0) is 26.6. The molecule has 13 heteroatoms. The first-order chi connectivity index (χ1) is 15.8. The van der Waals surface area contributed by atoms with Crippen molar-refractivity contribution in [2.24, 2.45) is 0 Å². The van der Waals surface area contributed by atoms with Crippen LogP contribution in [-0.2, 0) is 24.7 Å². The summed E-state index contributed by atoms with van der Waals surface area (Å²) in [6.07, 6.45) is -22.4. The number of alkyl halides is 12. The van der Waals surface area contributed by atoms with E-state index in [2.05, 4.69) is 0 Å². The Morgan fingerprint density at radius 3 is 1.26 bits per heavy atom. The molecule has 0 atom stereocenters. The third kappa shape index (κ3) is 5.32. The van der Waals surface area contributed by atoms with Crippen molar-refractivity contribution < 1.29 is 52.7 Å². The van der Waals surface area contributed by atoms with Gasteiger partial charge >= 0.3 is 24.7 Å². The number of rotatable bonds is 3. The molecule has 0 aliphatic heterocycles. The van der Waals surface area contributed by atoms with Crippen molar-refractivity contribution in [3.8, 4) is 0 Å². The summed E-state index contributed by atoms with van der Waals surface area (Å²) < 4.78 is 165. The highest BCUT2D eigenvalue weighted by Gasteiger charge is 2.49. The van der Waals surface area contributed by atoms with Crippen molar-refractivity contribution in [1.29, 1.82) is 0 Å². The van der Waals surface area contributed by atoms with Gasteiger partial charge in [-0.25, -0.2) is 6.07 Å². The fraction of sp³-hybridized carbons (Fsp3) is 0.227. The van der Waals surface area contributed by atoms with Crippen LogP contribution in [0.1, 0.15) is 27.8 Å². The van der Waals surface area contributed by atoms with Gasteiger partial charge in [0, 0.05) is 0 Å². The molecule has 0 bridgehead atoms. The van der Waals surface area contributed by atoms with Crippen LogP contribution in [-0.4, -0.2) is 0 Å². The van der Waals surface area contributed by atoms with Crippen molar-refractivity contribution in [2.75, 3.05) is 0 Å². The Balaban J connectivity index is 2.54. The van der Waals surface area contributed by atoms with Crippen molar-refractivity contribution in [2.45, 2.75) is 31.6 Å². The maximum absolute atomic E-state index is 14.0. The number of hydrogen-bond donors (Lipinski definition) is 0. The number of aryl methyl sites for hydroxylation is 1. The van der Waals surface area contributed by atoms with Crippen molar-refractivity contribution >= 4 is 23.8 Å². The van der Waals surface area contributed by atoms with Gasteiger partial charge in [0.1, 0.15) is 0 Å². The quantitative estimate of drug-likeness (QED) is 0.185. The molecule has 190 valence electrons. The van der Waals surface area contributed by atoms with Gasteiger partial charge in [0.05, 0.1) is 22.3 Å². The lowest BCUT2D eigenvalue weighted by Crippen LogP contribution is -2.34. The largest absolute Gasteiger partial charge is 0.417 e. The predicted molar refractivity (Wildman–Crippen MR) is 105 cm³/mol. The number of benzene rings is 2. The highest BCUT2D eigenvalue weighted by Crippen LogP contribution is 2.49. The molecule has 0 saturated heterocycles. The lowest BCUT2D eigenvalue weighted by atomic mass is 10.1. The van der Waals surface area contributed by atoms with Crippen LogP contribution in [0.15, 0.2) is 54.6 Å². The van der Waals surface area contributed by atoms with E-state index >= 15 is 0 Å². The molecule has 35 heavy (non-hydrogen) atoms. The summed E-state index contributed by atoms with van der Waals surface area (Å²) in [6.45, 7) is 1.28. The van der Waals surface area contributed by atoms with Crippen LogP contribution in [0.4, 0.5) is 52.7 Å². The standard InChI is InChI=1S/C22H12F12P/c1-11-5-2-8-14(11)35(15-9-3-6-12(19(23,24)25)17(15)21(29,30)31)16-10-4-7-13(20(26,27)28)18(16)22(32,33)34/h2-10H,1H3/q-1. The Hall–Kier alpha value is -2.62. The van der Waals surface area contributed by atoms with Crippen molar-refractivity contribution in [1.82, 2.24) is 0 Å². The van der Waals surface area contributed by atoms with Crippen molar-refractivity contribution in [3.63, 3.8) is 0 Å². The molecule has 0 aromatic heterocycles. The van der Waals surface area contributed by atoms with Gasteiger partial charge in [0.25, 0.3) is 0 Å². The van der Waals surface area contributed by atoms with Gasteiger partial charge in [-0.2, -0.15) is 70.4 Å². The molecule has 0 radical (unpaired) electrons. The van der Waals surface area contributed by atoms with Crippen LogP contribution in [0.3, 0.4) is 0 Å². The van der Waals surface area contributed by atoms with Crippen LogP contribution in [0.5, 0.6) is 0 Å². The molecule has 0 nitrogen and oxygen atoms in total. The van der Waals surface area contributed by atoms with E-state index in [1.165, 1.54) is 19.1 Å². The van der Waals surface area contributed by atoms with E-state index in [0.717, 1.165) is 6.07 Å². The minimum Gasteiger partial charge on any atom is -0.210 e. The fourth-order valence-corrected chi connectivity index (χ4v) is 6.51. The average molecular weight is 535 g/mol. The maximum Gasteiger partial charge on any atom is 0.417 e. The molecule has 3 aromatic carbocycles. The highest BCUT2D eigenvalue weighted by atomic mass is 31.1. The lowest BCUT2D eigenvalue weighted by molar-refractivity contribution is -0.161. The molecule has 0 spiro atoms. The minimum atomic E-state index is -5.68. The van der Waals surface area contributed by atoms with E-state index in [-0.39, 0.29) is 23.0 Å². The molecule has 0 unspecified atom stereocenters. The van der Waals surface area contributed by atoms with Crippen LogP contribution >= 0.6 is 7.92 Å². The van der Waals surface area contributed by atoms with Crippen LogP contribution in [0.25, 0.3) is 0 Å². The second kappa shape index (κ2) is 8.80. The summed E-state index contributed by atoms with van der Waals surface area (Å²) >= 11 is 0. The molecule has 0 aliphatic carbocycles. The zero-order valence-corrected chi connectivity index (χ0v) is 18.1. The smallest absolute Gasteiger partial charge is 0.210 e. The van der Waals surface area contributed by atoms with Gasteiger partial charge in [0.2, 0.25) is 0 Å². The Labute approximate surface area is 191 Å². The van der Waals surface area contributed by atoms with Crippen LogP contribution < -0.4 is 15.9 Å². The molecule has 3 rings (SSSR count). The Kier molecular flexibility index (Phi) is 6.78. The second-order valence-electron chi connectivity index (χ2n) is 7.32. The minimum absolute atomic E-state index is 0.104. The first kappa shape index (κ1) is 27.0. The van der Waals surface area contributed by atoms with E-state index in [9.17, 15) is 52.7 Å². The summed E-state index contributed by atoms with van der Waals surface area (Å²) in [5.74, 6) is 0. The number of halogens is 12. The molecule has 0 N–H and O–H groups in total. The van der Waals surface area contributed by atoms with Crippen LogP contribution in [0.2, 0.25) is 0 Å². The molecule has 3 aromatic rings. The van der Waals surface area contributed by atoms with Gasteiger partial charge in [-0.3, -0.25) is 0 Å². The van der Waals surface area contributed by atoms with Gasteiger partial charge in [-0.1, -0.05) is 31.2 Å². The predicted octanol–water partition coefficient (Wildman–Crippen LogP) is 7.55. The first-order valence-corrected chi connectivity index (χ1v) is 10.8. The molecule has 0 fully saturated rings. The summed E-state index contributed by atoms with van der Waals surface area (Å²) in [6, 6.07) is 6.15. The van der Waals surface area contributed by atoms with Crippen molar-refractivity contribution in [3.05, 3.63) is 82.4 Å². The molecule has 0 amide bonds.